The van der Waals surface area contributed by atoms with Gasteiger partial charge in [0.15, 0.2) is 5.11 Å². The largest absolute Gasteiger partial charge is 0.352 e. The van der Waals surface area contributed by atoms with Crippen LogP contribution < -0.4 is 5.32 Å². The second-order valence-corrected chi connectivity index (χ2v) is 9.92. The zero-order valence-corrected chi connectivity index (χ0v) is 21.4. The lowest BCUT2D eigenvalue weighted by Gasteiger charge is -2.28. The van der Waals surface area contributed by atoms with Gasteiger partial charge in [-0.2, -0.15) is 0 Å². The predicted octanol–water partition coefficient (Wildman–Crippen LogP) is 5.18. The van der Waals surface area contributed by atoms with E-state index in [0.29, 0.717) is 0 Å². The lowest BCUT2D eigenvalue weighted by Crippen LogP contribution is -2.32. The van der Waals surface area contributed by atoms with Crippen molar-refractivity contribution in [3.63, 3.8) is 0 Å². The quantitative estimate of drug-likeness (QED) is 0.442. The van der Waals surface area contributed by atoms with Crippen molar-refractivity contribution in [2.24, 2.45) is 0 Å². The van der Waals surface area contributed by atoms with E-state index in [0.717, 1.165) is 40.5 Å². The summed E-state index contributed by atoms with van der Waals surface area (Å²) in [5, 5.41) is 4.38. The van der Waals surface area contributed by atoms with Gasteiger partial charge in [-0.05, 0) is 95.1 Å². The van der Waals surface area contributed by atoms with Gasteiger partial charge in [-0.15, -0.1) is 0 Å². The topological polar surface area (TPSA) is 36.3 Å². The molecule has 3 heterocycles. The summed E-state index contributed by atoms with van der Waals surface area (Å²) in [4.78, 5) is 9.24. The third-order valence-corrected chi connectivity index (χ3v) is 6.90. The molecule has 168 valence electrons. The van der Waals surface area contributed by atoms with Crippen molar-refractivity contribution < 1.29 is 0 Å². The maximum absolute atomic E-state index is 5.83. The molecular formula is C25H30BrN5S. The van der Waals surface area contributed by atoms with E-state index in [9.17, 15) is 0 Å². The minimum atomic E-state index is 0.0134. The van der Waals surface area contributed by atoms with Crippen LogP contribution in [0, 0.1) is 13.8 Å². The van der Waals surface area contributed by atoms with Gasteiger partial charge in [0.1, 0.15) is 0 Å². The van der Waals surface area contributed by atoms with Gasteiger partial charge >= 0.3 is 0 Å². The van der Waals surface area contributed by atoms with Crippen LogP contribution in [0.4, 0.5) is 0 Å². The number of pyridine rings is 1. The average molecular weight is 513 g/mol. The summed E-state index contributed by atoms with van der Waals surface area (Å²) in [6, 6.07) is 16.9. The Morgan fingerprint density at radius 3 is 2.62 bits per heavy atom. The van der Waals surface area contributed by atoms with Crippen molar-refractivity contribution in [2.75, 3.05) is 27.2 Å². The molecule has 1 aromatic carbocycles. The van der Waals surface area contributed by atoms with Crippen LogP contribution in [0.3, 0.4) is 0 Å². The molecule has 0 aliphatic carbocycles. The Morgan fingerprint density at radius 1 is 1.12 bits per heavy atom. The van der Waals surface area contributed by atoms with Crippen molar-refractivity contribution in [3.05, 3.63) is 81.8 Å². The maximum atomic E-state index is 5.83. The fraction of sp³-hybridized carbons (Fsp3) is 0.360. The molecule has 1 aliphatic rings. The second-order valence-electron chi connectivity index (χ2n) is 8.62. The summed E-state index contributed by atoms with van der Waals surface area (Å²) in [5.74, 6) is 0. The first-order valence-electron chi connectivity index (χ1n) is 10.9. The number of benzene rings is 1. The summed E-state index contributed by atoms with van der Waals surface area (Å²) < 4.78 is 3.40. The number of thiocarbonyl (C=S) groups is 1. The Hall–Kier alpha value is -2.22. The summed E-state index contributed by atoms with van der Waals surface area (Å²) in [7, 11) is 4.22. The van der Waals surface area contributed by atoms with E-state index in [-0.39, 0.29) is 12.1 Å². The number of nitrogens with zero attached hydrogens (tertiary/aromatic N) is 4. The number of aryl methyl sites for hydroxylation is 1. The minimum Gasteiger partial charge on any atom is -0.352 e. The molecule has 1 saturated heterocycles. The highest BCUT2D eigenvalue weighted by atomic mass is 79.9. The fourth-order valence-corrected chi connectivity index (χ4v) is 5.36. The van der Waals surface area contributed by atoms with Crippen LogP contribution >= 0.6 is 28.1 Å². The molecule has 0 spiro atoms. The Morgan fingerprint density at radius 2 is 1.94 bits per heavy atom. The van der Waals surface area contributed by atoms with Crippen LogP contribution in [0.2, 0.25) is 0 Å². The third kappa shape index (κ3) is 4.60. The highest BCUT2D eigenvalue weighted by molar-refractivity contribution is 9.10. The molecule has 3 aromatic rings. The number of aromatic nitrogens is 2. The first-order chi connectivity index (χ1) is 15.4. The van der Waals surface area contributed by atoms with Gasteiger partial charge in [-0.25, -0.2) is 0 Å². The molecule has 1 N–H and O–H groups in total. The Labute approximate surface area is 204 Å². The minimum absolute atomic E-state index is 0.0134. The van der Waals surface area contributed by atoms with E-state index in [2.05, 4.69) is 105 Å². The molecule has 0 amide bonds. The van der Waals surface area contributed by atoms with E-state index < -0.39 is 0 Å². The Kier molecular flexibility index (Phi) is 6.98. The fourth-order valence-electron chi connectivity index (χ4n) is 4.64. The molecule has 1 aliphatic heterocycles. The van der Waals surface area contributed by atoms with Crippen molar-refractivity contribution in [2.45, 2.75) is 32.4 Å². The highest BCUT2D eigenvalue weighted by Gasteiger charge is 2.41. The van der Waals surface area contributed by atoms with Gasteiger partial charge in [-0.3, -0.25) is 4.98 Å². The summed E-state index contributed by atoms with van der Waals surface area (Å²) in [6.45, 7) is 6.30. The zero-order valence-electron chi connectivity index (χ0n) is 19.0. The van der Waals surface area contributed by atoms with E-state index in [1.54, 1.807) is 0 Å². The lowest BCUT2D eigenvalue weighted by atomic mass is 9.96. The van der Waals surface area contributed by atoms with Crippen LogP contribution in [0.5, 0.6) is 0 Å². The number of halogens is 1. The standard InChI is InChI=1S/C25H30BrN5S/c1-17-15-21(18(2)31(17)20-10-7-9-19(26)16-20)24-23(22-11-5-6-12-27-22)28-25(32)30(24)14-8-13-29(3)4/h5-7,9-12,15-16,23-24H,8,13-14H2,1-4H3,(H,28,32)/t23-,24+/m0/s1. The molecular weight excluding hydrogens is 482 g/mol. The number of nitrogens with one attached hydrogen (secondary N) is 1. The highest BCUT2D eigenvalue weighted by Crippen LogP contribution is 2.41. The number of rotatable bonds is 7. The Balaban J connectivity index is 1.77. The molecule has 0 unspecified atom stereocenters. The lowest BCUT2D eigenvalue weighted by molar-refractivity contribution is 0.292. The van der Waals surface area contributed by atoms with Crippen molar-refractivity contribution in [1.82, 2.24) is 24.7 Å². The van der Waals surface area contributed by atoms with Gasteiger partial charge in [0.05, 0.1) is 17.8 Å². The maximum Gasteiger partial charge on any atom is 0.170 e. The predicted molar refractivity (Wildman–Crippen MR) is 138 cm³/mol. The first kappa shape index (κ1) is 23.0. The molecule has 0 radical (unpaired) electrons. The molecule has 7 heteroatoms. The van der Waals surface area contributed by atoms with Gasteiger partial charge in [0.25, 0.3) is 0 Å². The summed E-state index contributed by atoms with van der Waals surface area (Å²) >= 11 is 9.45. The smallest absolute Gasteiger partial charge is 0.170 e. The number of hydrogen-bond acceptors (Lipinski definition) is 3. The molecule has 4 rings (SSSR count). The van der Waals surface area contributed by atoms with E-state index in [1.165, 1.54) is 17.0 Å². The molecule has 5 nitrogen and oxygen atoms in total. The molecule has 2 atom stereocenters. The molecule has 2 aromatic heterocycles. The number of hydrogen-bond donors (Lipinski definition) is 1. The molecule has 0 saturated carbocycles. The van der Waals surface area contributed by atoms with Crippen LogP contribution in [0.15, 0.2) is 59.2 Å². The van der Waals surface area contributed by atoms with E-state index in [4.69, 9.17) is 12.2 Å². The van der Waals surface area contributed by atoms with Gasteiger partial charge in [-0.1, -0.05) is 28.1 Å². The monoisotopic (exact) mass is 511 g/mol. The average Bonchev–Trinajstić information content (AvgIpc) is 3.24. The van der Waals surface area contributed by atoms with Crippen LogP contribution in [-0.4, -0.2) is 51.6 Å². The van der Waals surface area contributed by atoms with Crippen LogP contribution in [0.25, 0.3) is 5.69 Å². The third-order valence-electron chi connectivity index (χ3n) is 6.06. The van der Waals surface area contributed by atoms with E-state index >= 15 is 0 Å². The van der Waals surface area contributed by atoms with Crippen LogP contribution in [-0.2, 0) is 0 Å². The zero-order chi connectivity index (χ0) is 22.8. The van der Waals surface area contributed by atoms with Gasteiger partial charge in [0.2, 0.25) is 0 Å². The van der Waals surface area contributed by atoms with Crippen LogP contribution in [0.1, 0.15) is 41.1 Å². The van der Waals surface area contributed by atoms with E-state index in [1.807, 2.05) is 18.3 Å². The van der Waals surface area contributed by atoms with Crippen molar-refractivity contribution >= 4 is 33.3 Å². The van der Waals surface area contributed by atoms with Gasteiger partial charge in [0, 0.05) is 34.3 Å². The summed E-state index contributed by atoms with van der Waals surface area (Å²) in [5.41, 5.74) is 5.90. The van der Waals surface area contributed by atoms with Crippen molar-refractivity contribution in [3.8, 4) is 5.69 Å². The second kappa shape index (κ2) is 9.73. The first-order valence-corrected chi connectivity index (χ1v) is 12.1. The molecule has 0 bridgehead atoms. The SMILES string of the molecule is Cc1cc([C@@H]2[C@H](c3ccccn3)NC(=S)N2CCCN(C)C)c(C)n1-c1cccc(Br)c1. The summed E-state index contributed by atoms with van der Waals surface area (Å²) in [6.07, 6.45) is 2.90. The molecule has 1 fully saturated rings. The van der Waals surface area contributed by atoms with Crippen molar-refractivity contribution in [1.29, 1.82) is 0 Å². The Bertz CT molecular complexity index is 1090. The normalized spacial score (nSPS) is 18.4. The molecule has 32 heavy (non-hydrogen) atoms. The van der Waals surface area contributed by atoms with Gasteiger partial charge < -0.3 is 19.7 Å².